The maximum absolute atomic E-state index is 5.63. The summed E-state index contributed by atoms with van der Waals surface area (Å²) >= 11 is 0. The third kappa shape index (κ3) is 0.759. The van der Waals surface area contributed by atoms with Gasteiger partial charge in [-0.2, -0.15) is 0 Å². The first-order chi connectivity index (χ1) is 5.29. The first kappa shape index (κ1) is 6.16. The summed E-state index contributed by atoms with van der Waals surface area (Å²) in [7, 11) is 0. The maximum Gasteiger partial charge on any atom is 0.132 e. The Labute approximate surface area is 65.1 Å². The molecule has 0 spiro atoms. The van der Waals surface area contributed by atoms with Crippen LogP contribution in [0.25, 0.3) is 5.70 Å². The average Bonchev–Trinajstić information content (AvgIpc) is 2.30. The summed E-state index contributed by atoms with van der Waals surface area (Å²) < 4.78 is 0. The van der Waals surface area contributed by atoms with Crippen LogP contribution in [0.15, 0.2) is 35.8 Å². The van der Waals surface area contributed by atoms with E-state index in [4.69, 9.17) is 5.73 Å². The molecule has 0 saturated carbocycles. The number of hydrogen-bond donors (Lipinski definition) is 1. The van der Waals surface area contributed by atoms with Crippen LogP contribution in [0.5, 0.6) is 0 Å². The number of amidine groups is 1. The van der Waals surface area contributed by atoms with Crippen LogP contribution in [0.1, 0.15) is 11.1 Å². The van der Waals surface area contributed by atoms with Crippen molar-refractivity contribution in [3.8, 4) is 0 Å². The van der Waals surface area contributed by atoms with E-state index in [0.29, 0.717) is 5.84 Å². The summed E-state index contributed by atoms with van der Waals surface area (Å²) in [5, 5.41) is 0. The van der Waals surface area contributed by atoms with Gasteiger partial charge in [-0.25, -0.2) is 4.99 Å². The monoisotopic (exact) mass is 144 g/mol. The quantitative estimate of drug-likeness (QED) is 0.586. The van der Waals surface area contributed by atoms with Crippen LogP contribution >= 0.6 is 0 Å². The van der Waals surface area contributed by atoms with Crippen molar-refractivity contribution in [1.82, 2.24) is 0 Å². The Bertz CT molecular complexity index is 350. The molecule has 0 radical (unpaired) electrons. The van der Waals surface area contributed by atoms with E-state index in [-0.39, 0.29) is 0 Å². The molecule has 0 saturated heterocycles. The molecule has 2 heteroatoms. The van der Waals surface area contributed by atoms with Crippen molar-refractivity contribution in [2.24, 2.45) is 10.7 Å². The van der Waals surface area contributed by atoms with E-state index in [1.54, 1.807) is 0 Å². The normalized spacial score (nSPS) is 14.5. The van der Waals surface area contributed by atoms with Gasteiger partial charge in [0.25, 0.3) is 0 Å². The summed E-state index contributed by atoms with van der Waals surface area (Å²) in [5.74, 6) is 0.575. The number of nitrogens with two attached hydrogens (primary N) is 1. The van der Waals surface area contributed by atoms with Gasteiger partial charge in [-0.05, 0) is 0 Å². The van der Waals surface area contributed by atoms with E-state index in [0.717, 1.165) is 16.8 Å². The summed E-state index contributed by atoms with van der Waals surface area (Å²) in [6.07, 6.45) is 0. The molecule has 1 aliphatic rings. The fraction of sp³-hybridized carbons (Fsp3) is 0. The van der Waals surface area contributed by atoms with Gasteiger partial charge in [0.2, 0.25) is 0 Å². The van der Waals surface area contributed by atoms with E-state index in [2.05, 4.69) is 11.6 Å². The molecule has 1 aromatic rings. The Morgan fingerprint density at radius 3 is 2.45 bits per heavy atom. The third-order valence-corrected chi connectivity index (χ3v) is 1.77. The first-order valence-corrected chi connectivity index (χ1v) is 3.42. The third-order valence-electron chi connectivity index (χ3n) is 1.77. The van der Waals surface area contributed by atoms with Crippen LogP contribution in [0.3, 0.4) is 0 Å². The molecule has 2 rings (SSSR count). The van der Waals surface area contributed by atoms with Gasteiger partial charge in [-0.15, -0.1) is 0 Å². The number of aliphatic imine (C=N–C) groups is 1. The van der Waals surface area contributed by atoms with E-state index in [1.165, 1.54) is 0 Å². The smallest absolute Gasteiger partial charge is 0.132 e. The summed E-state index contributed by atoms with van der Waals surface area (Å²) in [5.41, 5.74) is 8.43. The molecule has 2 nitrogen and oxygen atoms in total. The Morgan fingerprint density at radius 1 is 1.18 bits per heavy atom. The van der Waals surface area contributed by atoms with Crippen molar-refractivity contribution in [2.75, 3.05) is 0 Å². The second kappa shape index (κ2) is 1.95. The molecule has 0 unspecified atom stereocenters. The van der Waals surface area contributed by atoms with Crippen LogP contribution in [0.4, 0.5) is 0 Å². The van der Waals surface area contributed by atoms with E-state index in [9.17, 15) is 0 Å². The minimum atomic E-state index is 0.575. The number of benzene rings is 1. The van der Waals surface area contributed by atoms with Crippen LogP contribution in [0.2, 0.25) is 0 Å². The number of nitrogens with zero attached hydrogens (tertiary/aromatic N) is 1. The summed E-state index contributed by atoms with van der Waals surface area (Å²) in [6, 6.07) is 7.82. The molecule has 0 bridgehead atoms. The SMILES string of the molecule is C=C1N=C(N)c2ccccc21. The van der Waals surface area contributed by atoms with Crippen LogP contribution in [-0.4, -0.2) is 5.84 Å². The molecule has 11 heavy (non-hydrogen) atoms. The topological polar surface area (TPSA) is 38.4 Å². The summed E-state index contributed by atoms with van der Waals surface area (Å²) in [4.78, 5) is 4.06. The summed E-state index contributed by atoms with van der Waals surface area (Å²) in [6.45, 7) is 3.78. The maximum atomic E-state index is 5.63. The first-order valence-electron chi connectivity index (χ1n) is 3.42. The molecular weight excluding hydrogens is 136 g/mol. The molecule has 0 fully saturated rings. The van der Waals surface area contributed by atoms with Crippen molar-refractivity contribution in [3.05, 3.63) is 42.0 Å². The molecule has 54 valence electrons. The largest absolute Gasteiger partial charge is 0.383 e. The average molecular weight is 144 g/mol. The number of hydrogen-bond acceptors (Lipinski definition) is 2. The molecule has 0 amide bonds. The van der Waals surface area contributed by atoms with Crippen molar-refractivity contribution >= 4 is 11.5 Å². The van der Waals surface area contributed by atoms with Crippen molar-refractivity contribution in [2.45, 2.75) is 0 Å². The van der Waals surface area contributed by atoms with Gasteiger partial charge in [0.05, 0.1) is 5.70 Å². The van der Waals surface area contributed by atoms with E-state index < -0.39 is 0 Å². The number of rotatable bonds is 0. The van der Waals surface area contributed by atoms with Crippen molar-refractivity contribution in [1.29, 1.82) is 0 Å². The highest BCUT2D eigenvalue weighted by atomic mass is 14.9. The molecule has 2 N–H and O–H groups in total. The van der Waals surface area contributed by atoms with Crippen molar-refractivity contribution < 1.29 is 0 Å². The van der Waals surface area contributed by atoms with Gasteiger partial charge in [-0.3, -0.25) is 0 Å². The highest BCUT2D eigenvalue weighted by Crippen LogP contribution is 2.24. The van der Waals surface area contributed by atoms with Crippen LogP contribution in [-0.2, 0) is 0 Å². The predicted octanol–water partition coefficient (Wildman–Crippen LogP) is 1.38. The Kier molecular flexibility index (Phi) is 1.09. The van der Waals surface area contributed by atoms with Gasteiger partial charge in [0.15, 0.2) is 0 Å². The number of fused-ring (bicyclic) bond motifs is 1. The van der Waals surface area contributed by atoms with Gasteiger partial charge in [0, 0.05) is 11.1 Å². The Hall–Kier alpha value is -1.57. The lowest BCUT2D eigenvalue weighted by molar-refractivity contribution is 1.59. The highest BCUT2D eigenvalue weighted by molar-refractivity contribution is 6.08. The Morgan fingerprint density at radius 2 is 1.82 bits per heavy atom. The molecular formula is C9H8N2. The molecule has 1 aliphatic heterocycles. The predicted molar refractivity (Wildman–Crippen MR) is 46.2 cm³/mol. The molecule has 1 heterocycles. The minimum absolute atomic E-state index is 0.575. The zero-order chi connectivity index (χ0) is 7.84. The second-order valence-corrected chi connectivity index (χ2v) is 2.49. The van der Waals surface area contributed by atoms with Crippen LogP contribution in [0, 0.1) is 0 Å². The lowest BCUT2D eigenvalue weighted by Crippen LogP contribution is -2.09. The Balaban J connectivity index is 2.71. The fourth-order valence-corrected chi connectivity index (χ4v) is 1.22. The molecule has 0 aromatic heterocycles. The molecule has 0 aliphatic carbocycles. The van der Waals surface area contributed by atoms with E-state index in [1.807, 2.05) is 24.3 Å². The van der Waals surface area contributed by atoms with E-state index >= 15 is 0 Å². The molecule has 0 atom stereocenters. The van der Waals surface area contributed by atoms with Crippen LogP contribution < -0.4 is 5.73 Å². The van der Waals surface area contributed by atoms with Gasteiger partial charge in [0.1, 0.15) is 5.84 Å². The zero-order valence-corrected chi connectivity index (χ0v) is 6.04. The zero-order valence-electron chi connectivity index (χ0n) is 6.04. The van der Waals surface area contributed by atoms with Gasteiger partial charge in [-0.1, -0.05) is 30.8 Å². The fourth-order valence-electron chi connectivity index (χ4n) is 1.22. The standard InChI is InChI=1S/C9H8N2/c1-6-7-4-2-3-5-8(7)9(10)11-6/h2-5H,1H2,(H2,10,11). The lowest BCUT2D eigenvalue weighted by atomic mass is 10.1. The molecule has 1 aromatic carbocycles. The lowest BCUT2D eigenvalue weighted by Gasteiger charge is -1.95. The minimum Gasteiger partial charge on any atom is -0.383 e. The van der Waals surface area contributed by atoms with Crippen molar-refractivity contribution in [3.63, 3.8) is 0 Å². The van der Waals surface area contributed by atoms with Gasteiger partial charge >= 0.3 is 0 Å². The highest BCUT2D eigenvalue weighted by Gasteiger charge is 2.14. The van der Waals surface area contributed by atoms with Gasteiger partial charge < -0.3 is 5.73 Å². The second-order valence-electron chi connectivity index (χ2n) is 2.49.